The largest absolute Gasteiger partial charge is 0.366 e. The van der Waals surface area contributed by atoms with Crippen LogP contribution < -0.4 is 10.6 Å². The van der Waals surface area contributed by atoms with E-state index in [9.17, 15) is 0 Å². The Morgan fingerprint density at radius 3 is 2.65 bits per heavy atom. The Morgan fingerprint density at radius 1 is 1.29 bits per heavy atom. The normalized spacial score (nSPS) is 17.4. The first-order valence-corrected chi connectivity index (χ1v) is 6.54. The van der Waals surface area contributed by atoms with E-state index in [1.807, 2.05) is 6.07 Å². The van der Waals surface area contributed by atoms with Crippen molar-refractivity contribution in [3.63, 3.8) is 0 Å². The van der Waals surface area contributed by atoms with Crippen molar-refractivity contribution in [2.45, 2.75) is 39.2 Å². The number of nitrogens with one attached hydrogen (secondary N) is 2. The molecule has 0 spiro atoms. The zero-order valence-corrected chi connectivity index (χ0v) is 10.7. The van der Waals surface area contributed by atoms with E-state index in [1.165, 1.54) is 0 Å². The van der Waals surface area contributed by atoms with E-state index >= 15 is 0 Å². The van der Waals surface area contributed by atoms with Crippen LogP contribution in [0.15, 0.2) is 12.1 Å². The van der Waals surface area contributed by atoms with Crippen molar-refractivity contribution in [3.05, 3.63) is 17.8 Å². The van der Waals surface area contributed by atoms with Crippen molar-refractivity contribution in [3.8, 4) is 0 Å². The zero-order valence-electron chi connectivity index (χ0n) is 10.7. The van der Waals surface area contributed by atoms with E-state index in [2.05, 4.69) is 40.7 Å². The van der Waals surface area contributed by atoms with Crippen molar-refractivity contribution < 1.29 is 0 Å². The topological polar surface area (TPSA) is 49.8 Å². The highest BCUT2D eigenvalue weighted by molar-refractivity contribution is 5.34. The van der Waals surface area contributed by atoms with Crippen molar-refractivity contribution in [2.24, 2.45) is 5.92 Å². The fraction of sp³-hybridized carbons (Fsp3) is 0.692. The maximum Gasteiger partial charge on any atom is 0.148 e. The minimum absolute atomic E-state index is 0.543. The van der Waals surface area contributed by atoms with Gasteiger partial charge in [0, 0.05) is 6.04 Å². The highest BCUT2D eigenvalue weighted by Crippen LogP contribution is 2.11. The van der Waals surface area contributed by atoms with Gasteiger partial charge in [0.2, 0.25) is 0 Å². The molecule has 4 nitrogen and oxygen atoms in total. The summed E-state index contributed by atoms with van der Waals surface area (Å²) in [5, 5.41) is 15.3. The van der Waals surface area contributed by atoms with Gasteiger partial charge >= 0.3 is 0 Å². The van der Waals surface area contributed by atoms with Crippen LogP contribution in [0, 0.1) is 5.92 Å². The molecule has 0 unspecified atom stereocenters. The van der Waals surface area contributed by atoms with E-state index in [4.69, 9.17) is 0 Å². The van der Waals surface area contributed by atoms with Crippen LogP contribution in [-0.4, -0.2) is 29.3 Å². The van der Waals surface area contributed by atoms with Gasteiger partial charge in [0.1, 0.15) is 5.82 Å². The third-order valence-electron chi connectivity index (χ3n) is 3.03. The quantitative estimate of drug-likeness (QED) is 0.834. The Balaban J connectivity index is 1.88. The highest BCUT2D eigenvalue weighted by atomic mass is 15.2. The standard InChI is InChI=1S/C13H22N4/c1-10(2)9-12-3-4-13(17-16-12)15-11-5-7-14-8-6-11/h3-4,10-11,14H,5-9H2,1-2H3,(H,15,17). The molecule has 0 radical (unpaired) electrons. The van der Waals surface area contributed by atoms with Crippen molar-refractivity contribution in [2.75, 3.05) is 18.4 Å². The number of rotatable bonds is 4. The predicted molar refractivity (Wildman–Crippen MR) is 70.1 cm³/mol. The third-order valence-corrected chi connectivity index (χ3v) is 3.03. The minimum atomic E-state index is 0.543. The van der Waals surface area contributed by atoms with Gasteiger partial charge in [-0.05, 0) is 50.4 Å². The summed E-state index contributed by atoms with van der Waals surface area (Å²) in [7, 11) is 0. The highest BCUT2D eigenvalue weighted by Gasteiger charge is 2.13. The summed E-state index contributed by atoms with van der Waals surface area (Å²) in [6, 6.07) is 4.67. The molecule has 0 atom stereocenters. The van der Waals surface area contributed by atoms with Gasteiger partial charge < -0.3 is 10.6 Å². The molecular weight excluding hydrogens is 212 g/mol. The molecule has 0 aromatic carbocycles. The number of hydrogen-bond donors (Lipinski definition) is 2. The first-order valence-electron chi connectivity index (χ1n) is 6.54. The van der Waals surface area contributed by atoms with Gasteiger partial charge in [-0.2, -0.15) is 5.10 Å². The molecule has 0 bridgehead atoms. The number of aromatic nitrogens is 2. The van der Waals surface area contributed by atoms with Crippen molar-refractivity contribution in [1.29, 1.82) is 0 Å². The van der Waals surface area contributed by atoms with Crippen molar-refractivity contribution >= 4 is 5.82 Å². The third kappa shape index (κ3) is 3.97. The van der Waals surface area contributed by atoms with Crippen LogP contribution in [0.25, 0.3) is 0 Å². The molecule has 94 valence electrons. The molecule has 2 rings (SSSR count). The van der Waals surface area contributed by atoms with Gasteiger partial charge in [-0.1, -0.05) is 13.8 Å². The summed E-state index contributed by atoms with van der Waals surface area (Å²) in [6.45, 7) is 6.58. The molecule has 1 saturated heterocycles. The average Bonchev–Trinajstić information content (AvgIpc) is 2.32. The number of piperidine rings is 1. The lowest BCUT2D eigenvalue weighted by molar-refractivity contribution is 0.477. The van der Waals surface area contributed by atoms with Crippen LogP contribution in [0.3, 0.4) is 0 Å². The fourth-order valence-corrected chi connectivity index (χ4v) is 2.14. The summed E-state index contributed by atoms with van der Waals surface area (Å²) in [6.07, 6.45) is 3.32. The molecule has 1 aliphatic rings. The molecule has 1 fully saturated rings. The first-order chi connectivity index (χ1) is 8.24. The Morgan fingerprint density at radius 2 is 2.06 bits per heavy atom. The van der Waals surface area contributed by atoms with E-state index in [0.717, 1.165) is 43.9 Å². The van der Waals surface area contributed by atoms with Crippen LogP contribution in [0.2, 0.25) is 0 Å². The molecular formula is C13H22N4. The summed E-state index contributed by atoms with van der Waals surface area (Å²) in [5.41, 5.74) is 1.08. The summed E-state index contributed by atoms with van der Waals surface area (Å²) < 4.78 is 0. The second-order valence-electron chi connectivity index (χ2n) is 5.18. The second kappa shape index (κ2) is 5.96. The predicted octanol–water partition coefficient (Wildman–Crippen LogP) is 1.84. The molecule has 2 heterocycles. The lowest BCUT2D eigenvalue weighted by atomic mass is 10.1. The van der Waals surface area contributed by atoms with E-state index in [1.54, 1.807) is 0 Å². The van der Waals surface area contributed by atoms with E-state index in [-0.39, 0.29) is 0 Å². The van der Waals surface area contributed by atoms with Gasteiger partial charge in [0.15, 0.2) is 0 Å². The van der Waals surface area contributed by atoms with Crippen LogP contribution in [0.5, 0.6) is 0 Å². The second-order valence-corrected chi connectivity index (χ2v) is 5.18. The summed E-state index contributed by atoms with van der Waals surface area (Å²) >= 11 is 0. The molecule has 0 aliphatic carbocycles. The maximum atomic E-state index is 4.26. The van der Waals surface area contributed by atoms with E-state index < -0.39 is 0 Å². The minimum Gasteiger partial charge on any atom is -0.366 e. The lowest BCUT2D eigenvalue weighted by Gasteiger charge is -2.23. The molecule has 1 aromatic rings. The fourth-order valence-electron chi connectivity index (χ4n) is 2.14. The van der Waals surface area contributed by atoms with Gasteiger partial charge in [0.25, 0.3) is 0 Å². The molecule has 0 saturated carbocycles. The molecule has 1 aliphatic heterocycles. The Labute approximate surface area is 103 Å². The van der Waals surface area contributed by atoms with Gasteiger partial charge in [-0.15, -0.1) is 5.10 Å². The lowest BCUT2D eigenvalue weighted by Crippen LogP contribution is -2.35. The molecule has 4 heteroatoms. The van der Waals surface area contributed by atoms with Gasteiger partial charge in [-0.25, -0.2) is 0 Å². The van der Waals surface area contributed by atoms with Crippen LogP contribution >= 0.6 is 0 Å². The van der Waals surface area contributed by atoms with Crippen LogP contribution in [0.1, 0.15) is 32.4 Å². The molecule has 0 amide bonds. The molecule has 17 heavy (non-hydrogen) atoms. The Kier molecular flexibility index (Phi) is 4.31. The SMILES string of the molecule is CC(C)Cc1ccc(NC2CCNCC2)nn1. The first kappa shape index (κ1) is 12.3. The molecule has 1 aromatic heterocycles. The van der Waals surface area contributed by atoms with Crippen LogP contribution in [-0.2, 0) is 6.42 Å². The number of nitrogens with zero attached hydrogens (tertiary/aromatic N) is 2. The van der Waals surface area contributed by atoms with Gasteiger partial charge in [-0.3, -0.25) is 0 Å². The van der Waals surface area contributed by atoms with Crippen molar-refractivity contribution in [1.82, 2.24) is 15.5 Å². The summed E-state index contributed by atoms with van der Waals surface area (Å²) in [4.78, 5) is 0. The van der Waals surface area contributed by atoms with Crippen LogP contribution in [0.4, 0.5) is 5.82 Å². The Bertz CT molecular complexity index is 328. The maximum absolute atomic E-state index is 4.26. The smallest absolute Gasteiger partial charge is 0.148 e. The summed E-state index contributed by atoms with van der Waals surface area (Å²) in [5.74, 6) is 1.54. The molecule has 2 N–H and O–H groups in total. The number of anilines is 1. The van der Waals surface area contributed by atoms with E-state index in [0.29, 0.717) is 12.0 Å². The number of hydrogen-bond acceptors (Lipinski definition) is 4. The van der Waals surface area contributed by atoms with Gasteiger partial charge in [0.05, 0.1) is 5.69 Å². The average molecular weight is 234 g/mol. The zero-order chi connectivity index (χ0) is 12.1. The monoisotopic (exact) mass is 234 g/mol. The Hall–Kier alpha value is -1.16.